The molecule has 0 aromatic carbocycles. The normalized spacial score (nSPS) is 11.8. The first-order valence-electron chi connectivity index (χ1n) is 16.9. The van der Waals surface area contributed by atoms with Gasteiger partial charge in [-0.05, 0) is 43.9 Å². The van der Waals surface area contributed by atoms with Gasteiger partial charge in [0.2, 0.25) is 0 Å². The number of unbranched alkanes of at least 4 members (excludes halogenated alkanes) is 17. The summed E-state index contributed by atoms with van der Waals surface area (Å²) in [5.41, 5.74) is 0. The van der Waals surface area contributed by atoms with Gasteiger partial charge in [0, 0.05) is 19.3 Å². The van der Waals surface area contributed by atoms with Crippen LogP contribution in [0.3, 0.4) is 0 Å². The quantitative estimate of drug-likeness (QED) is 0.0316. The number of nitrogens with one attached hydrogen (secondary N) is 1. The molecule has 0 aliphatic carbocycles. The van der Waals surface area contributed by atoms with Gasteiger partial charge in [0.05, 0.1) is 19.5 Å². The molecule has 0 radical (unpaired) electrons. The summed E-state index contributed by atoms with van der Waals surface area (Å²) in [4.78, 5) is 37.4. The average molecular weight is 620 g/mol. The molecule has 9 nitrogen and oxygen atoms in total. The van der Waals surface area contributed by atoms with E-state index in [9.17, 15) is 24.6 Å². The highest BCUT2D eigenvalue weighted by molar-refractivity contribution is 5.78. The number of hydrogen-bond acceptors (Lipinski definition) is 4. The number of aliphatic hydroxyl groups is 1. The first kappa shape index (κ1) is 41.0. The molecule has 0 rings (SSSR count). The first-order chi connectivity index (χ1) is 21.3. The van der Waals surface area contributed by atoms with Gasteiger partial charge in [0.15, 0.2) is 0 Å². The van der Waals surface area contributed by atoms with Gasteiger partial charge in [-0.1, -0.05) is 102 Å². The monoisotopic (exact) mass is 619 g/mol. The zero-order valence-corrected chi connectivity index (χ0v) is 27.2. The van der Waals surface area contributed by atoms with Gasteiger partial charge in [0.1, 0.15) is 12.6 Å². The molecule has 0 heterocycles. The molecule has 0 saturated heterocycles. The maximum Gasteiger partial charge on any atom is 0.332 e. The van der Waals surface area contributed by atoms with Crippen LogP contribution in [0.2, 0.25) is 0 Å². The minimum Gasteiger partial charge on any atom is -0.480 e. The molecule has 0 amide bonds. The van der Waals surface area contributed by atoms with Crippen LogP contribution < -0.4 is 4.99 Å². The van der Waals surface area contributed by atoms with Gasteiger partial charge in [-0.15, -0.1) is 0 Å². The van der Waals surface area contributed by atoms with Crippen molar-refractivity contribution < 1.29 is 39.8 Å². The molecular formula is C35H59N2O7+. The Balaban J connectivity index is 3.78. The number of rotatable bonds is 29. The number of carbonyl (C=O) groups is 3. The zero-order chi connectivity index (χ0) is 32.7. The van der Waals surface area contributed by atoms with Crippen molar-refractivity contribution in [3.8, 4) is 23.7 Å². The molecule has 1 atom stereocenters. The molecule has 0 spiro atoms. The highest BCUT2D eigenvalue weighted by Gasteiger charge is 2.28. The van der Waals surface area contributed by atoms with Crippen molar-refractivity contribution in [3.05, 3.63) is 0 Å². The van der Waals surface area contributed by atoms with Crippen molar-refractivity contribution in [2.75, 3.05) is 19.6 Å². The van der Waals surface area contributed by atoms with E-state index >= 15 is 0 Å². The van der Waals surface area contributed by atoms with Crippen LogP contribution in [-0.2, 0) is 14.4 Å². The van der Waals surface area contributed by atoms with E-state index in [1.807, 2.05) is 0 Å². The highest BCUT2D eigenvalue weighted by atomic mass is 16.4. The molecule has 0 bridgehead atoms. The fourth-order valence-corrected chi connectivity index (χ4v) is 5.00. The summed E-state index contributed by atoms with van der Waals surface area (Å²) < 4.78 is 0. The van der Waals surface area contributed by atoms with Crippen molar-refractivity contribution in [3.63, 3.8) is 0 Å². The lowest BCUT2D eigenvalue weighted by molar-refractivity contribution is -0.468. The van der Waals surface area contributed by atoms with E-state index in [-0.39, 0.29) is 12.3 Å². The Kier molecular flexibility index (Phi) is 27.9. The molecule has 0 aliphatic rings. The number of carboxylic acid groups (broad SMARTS) is 3. The van der Waals surface area contributed by atoms with Crippen molar-refractivity contribution in [2.45, 2.75) is 154 Å². The number of hydrogen-bond donors (Lipinski definition) is 5. The number of nitrogens with zero attached hydrogens (tertiary/aromatic N) is 1. The summed E-state index contributed by atoms with van der Waals surface area (Å²) in [5, 5.41) is 37.4. The van der Waals surface area contributed by atoms with Crippen LogP contribution in [0.15, 0.2) is 0 Å². The van der Waals surface area contributed by atoms with E-state index in [0.29, 0.717) is 25.8 Å². The summed E-state index contributed by atoms with van der Waals surface area (Å²) in [6.07, 6.45) is 23.3. The van der Waals surface area contributed by atoms with E-state index in [1.54, 1.807) is 0 Å². The van der Waals surface area contributed by atoms with Crippen molar-refractivity contribution in [1.29, 1.82) is 0 Å². The van der Waals surface area contributed by atoms with Gasteiger partial charge >= 0.3 is 23.8 Å². The van der Waals surface area contributed by atoms with Crippen LogP contribution in [0.4, 0.5) is 0 Å². The number of aliphatic carboxylic acids is 3. The Morgan fingerprint density at radius 1 is 0.614 bits per heavy atom. The van der Waals surface area contributed by atoms with Crippen LogP contribution in [0, 0.1) is 23.7 Å². The Hall–Kier alpha value is -3.04. The minimum atomic E-state index is -1.28. The Labute approximate surface area is 265 Å². The summed E-state index contributed by atoms with van der Waals surface area (Å²) >= 11 is 0. The maximum atomic E-state index is 11.5. The van der Waals surface area contributed by atoms with E-state index in [0.717, 1.165) is 56.3 Å². The molecule has 0 aromatic rings. The Morgan fingerprint density at radius 2 is 1.07 bits per heavy atom. The predicted octanol–water partition coefficient (Wildman–Crippen LogP) is 5.56. The molecule has 250 valence electrons. The van der Waals surface area contributed by atoms with Crippen molar-refractivity contribution in [2.24, 2.45) is 0 Å². The fraction of sp³-hybridized carbons (Fsp3) is 0.771. The third kappa shape index (κ3) is 27.8. The van der Waals surface area contributed by atoms with Gasteiger partial charge in [-0.25, -0.2) is 4.99 Å². The third-order valence-electron chi connectivity index (χ3n) is 7.50. The maximum absolute atomic E-state index is 11.5. The molecular weight excluding hydrogens is 560 g/mol. The Morgan fingerprint density at radius 3 is 1.52 bits per heavy atom. The lowest BCUT2D eigenvalue weighted by atomic mass is 10.1. The lowest BCUT2D eigenvalue weighted by Gasteiger charge is -2.25. The van der Waals surface area contributed by atoms with Crippen LogP contribution in [0.1, 0.15) is 148 Å². The summed E-state index contributed by atoms with van der Waals surface area (Å²) in [6.45, 7) is 1.41. The molecule has 0 aromatic heterocycles. The zero-order valence-electron chi connectivity index (χ0n) is 27.2. The molecule has 1 unspecified atom stereocenters. The van der Waals surface area contributed by atoms with Crippen LogP contribution in [-0.4, -0.2) is 74.8 Å². The molecule has 5 N–H and O–H groups in total. The standard InChI is InChI=1S/C35H58N2O7/c1-2-3-4-5-6-7-8-9-10-11-12-13-14-15-16-17-18-19-20-21-22-23-27-32(38)36-28-25-24-26-31(35(43)44)37(29-33(39)40)30-34(41)42/h31H,2-12,17-30H2,1H3,(H,36,38)(H,39,40)(H,41,42)(H,43,44)/p+1. The molecule has 0 aliphatic heterocycles. The van der Waals surface area contributed by atoms with Crippen molar-refractivity contribution in [1.82, 2.24) is 4.90 Å². The van der Waals surface area contributed by atoms with Crippen LogP contribution in [0.25, 0.3) is 0 Å². The SMILES string of the molecule is CCCCCCCCCCCCC#CC#CCCCCCCCCC(O)=[NH+]CCCCC(C(=O)O)N(CC(=O)O)CC(=O)O. The number of carboxylic acids is 3. The molecule has 44 heavy (non-hydrogen) atoms. The average Bonchev–Trinajstić information content (AvgIpc) is 2.96. The van der Waals surface area contributed by atoms with Crippen molar-refractivity contribution >= 4 is 23.8 Å². The molecule has 0 fully saturated rings. The third-order valence-corrected chi connectivity index (χ3v) is 7.50. The van der Waals surface area contributed by atoms with Gasteiger partial charge < -0.3 is 20.4 Å². The van der Waals surface area contributed by atoms with E-state index < -0.39 is 37.0 Å². The lowest BCUT2D eigenvalue weighted by Crippen LogP contribution is -2.73. The smallest absolute Gasteiger partial charge is 0.332 e. The predicted molar refractivity (Wildman–Crippen MR) is 175 cm³/mol. The molecule has 9 heteroatoms. The Bertz CT molecular complexity index is 911. The van der Waals surface area contributed by atoms with E-state index in [2.05, 4.69) is 35.6 Å². The summed E-state index contributed by atoms with van der Waals surface area (Å²) in [6, 6.07) is -1.19. The summed E-state index contributed by atoms with van der Waals surface area (Å²) in [7, 11) is 0. The van der Waals surface area contributed by atoms with Crippen LogP contribution >= 0.6 is 0 Å². The second kappa shape index (κ2) is 30.0. The van der Waals surface area contributed by atoms with E-state index in [4.69, 9.17) is 10.2 Å². The van der Waals surface area contributed by atoms with Gasteiger partial charge in [-0.3, -0.25) is 19.3 Å². The summed E-state index contributed by atoms with van der Waals surface area (Å²) in [5.74, 6) is 8.70. The second-order valence-electron chi connectivity index (χ2n) is 11.6. The first-order valence-corrected chi connectivity index (χ1v) is 16.9. The van der Waals surface area contributed by atoms with E-state index in [1.165, 1.54) is 64.2 Å². The highest BCUT2D eigenvalue weighted by Crippen LogP contribution is 2.12. The minimum absolute atomic E-state index is 0.122. The van der Waals surface area contributed by atoms with Gasteiger partial charge in [-0.2, -0.15) is 0 Å². The number of aliphatic hydroxyl groups excluding tert-OH is 1. The molecule has 0 saturated carbocycles. The topological polar surface area (TPSA) is 149 Å². The largest absolute Gasteiger partial charge is 0.480 e. The van der Waals surface area contributed by atoms with Crippen LogP contribution in [0.5, 0.6) is 0 Å². The van der Waals surface area contributed by atoms with Gasteiger partial charge in [0.25, 0.3) is 0 Å². The second-order valence-corrected chi connectivity index (χ2v) is 11.6. The fourth-order valence-electron chi connectivity index (χ4n) is 5.00.